The van der Waals surface area contributed by atoms with Gasteiger partial charge in [-0.05, 0) is 6.92 Å². The molecule has 4 heteroatoms. The van der Waals surface area contributed by atoms with Crippen LogP contribution in [0.3, 0.4) is 0 Å². The molecule has 1 atom stereocenters. The lowest BCUT2D eigenvalue weighted by molar-refractivity contribution is 0.108. The predicted molar refractivity (Wildman–Crippen MR) is 33.5 cm³/mol. The quantitative estimate of drug-likeness (QED) is 0.425. The molecule has 1 saturated heterocycles. The van der Waals surface area contributed by atoms with E-state index >= 15 is 0 Å². The second-order valence-electron chi connectivity index (χ2n) is 2.80. The molecule has 0 spiro atoms. The highest BCUT2D eigenvalue weighted by atomic mass is 16.7. The molecule has 0 saturated carbocycles. The Bertz CT molecular complexity index is 132. The molecule has 1 fully saturated rings. The van der Waals surface area contributed by atoms with Gasteiger partial charge in [-0.1, -0.05) is 0 Å². The maximum absolute atomic E-state index is 8.73. The molecule has 1 aliphatic heterocycles. The minimum absolute atomic E-state index is 0.172. The van der Waals surface area contributed by atoms with E-state index in [-0.39, 0.29) is 19.8 Å². The van der Waals surface area contributed by atoms with Crippen LogP contribution in [0.4, 0.5) is 0 Å². The molecular formula is C6H12O4. The number of aliphatic hydroxyl groups excluding tert-OH is 3. The molecule has 3 N–H and O–H groups in total. The first-order valence-electron chi connectivity index (χ1n) is 3.17. The zero-order valence-electron chi connectivity index (χ0n) is 5.87. The van der Waals surface area contributed by atoms with Gasteiger partial charge in [-0.15, -0.1) is 0 Å². The Morgan fingerprint density at radius 1 is 1.10 bits per heavy atom. The van der Waals surface area contributed by atoms with Crippen LogP contribution in [0, 0.1) is 0 Å². The van der Waals surface area contributed by atoms with Crippen LogP contribution >= 0.6 is 0 Å². The summed E-state index contributed by atoms with van der Waals surface area (Å²) in [5.74, 6) is 0. The second kappa shape index (κ2) is 2.17. The summed E-state index contributed by atoms with van der Waals surface area (Å²) >= 11 is 0. The lowest BCUT2D eigenvalue weighted by atomic mass is 9.97. The topological polar surface area (TPSA) is 73.2 Å². The van der Waals surface area contributed by atoms with E-state index in [2.05, 4.69) is 0 Å². The molecule has 1 unspecified atom stereocenters. The Kier molecular flexibility index (Phi) is 1.72. The van der Waals surface area contributed by atoms with E-state index in [4.69, 9.17) is 20.1 Å². The number of hydrogen-bond donors (Lipinski definition) is 3. The molecule has 0 aromatic rings. The maximum Gasteiger partial charge on any atom is 0.146 e. The van der Waals surface area contributed by atoms with Crippen LogP contribution in [0.2, 0.25) is 0 Å². The highest BCUT2D eigenvalue weighted by molar-refractivity contribution is 5.12. The van der Waals surface area contributed by atoms with Gasteiger partial charge in [-0.2, -0.15) is 0 Å². The maximum atomic E-state index is 8.73. The molecule has 0 amide bonds. The van der Waals surface area contributed by atoms with Crippen LogP contribution in [0.5, 0.6) is 0 Å². The average Bonchev–Trinajstić information content (AvgIpc) is 2.59. The molecule has 0 bridgehead atoms. The Morgan fingerprint density at radius 3 is 1.70 bits per heavy atom. The van der Waals surface area contributed by atoms with E-state index < -0.39 is 11.2 Å². The van der Waals surface area contributed by atoms with Crippen molar-refractivity contribution in [1.29, 1.82) is 0 Å². The number of epoxide rings is 1. The minimum atomic E-state index is -0.901. The first kappa shape index (κ1) is 7.94. The molecule has 10 heavy (non-hydrogen) atoms. The highest BCUT2D eigenvalue weighted by Crippen LogP contribution is 2.46. The Morgan fingerprint density at radius 2 is 1.60 bits per heavy atom. The van der Waals surface area contributed by atoms with Crippen molar-refractivity contribution in [2.45, 2.75) is 18.1 Å². The van der Waals surface area contributed by atoms with E-state index in [1.165, 1.54) is 0 Å². The van der Waals surface area contributed by atoms with Crippen molar-refractivity contribution in [1.82, 2.24) is 0 Å². The van der Waals surface area contributed by atoms with Crippen LogP contribution in [0.25, 0.3) is 0 Å². The average molecular weight is 148 g/mol. The van der Waals surface area contributed by atoms with Gasteiger partial charge in [-0.25, -0.2) is 0 Å². The molecule has 1 aliphatic rings. The van der Waals surface area contributed by atoms with Gasteiger partial charge in [-0.3, -0.25) is 0 Å². The van der Waals surface area contributed by atoms with Crippen molar-refractivity contribution in [2.24, 2.45) is 0 Å². The highest BCUT2D eigenvalue weighted by Gasteiger charge is 2.66. The summed E-state index contributed by atoms with van der Waals surface area (Å²) in [7, 11) is 0. The van der Waals surface area contributed by atoms with Gasteiger partial charge in [0.05, 0.1) is 19.8 Å². The number of ether oxygens (including phenoxy) is 1. The molecular weight excluding hydrogens is 136 g/mol. The number of aliphatic hydroxyl groups is 3. The standard InChI is InChI=1S/C6H12O4/c1-5(2-7)6(3-8,4-9)10-5/h7-9H,2-4H2,1H3. The molecule has 0 aliphatic carbocycles. The molecule has 0 aromatic heterocycles. The molecule has 0 radical (unpaired) electrons. The van der Waals surface area contributed by atoms with Crippen LogP contribution < -0.4 is 0 Å². The van der Waals surface area contributed by atoms with E-state index in [1.54, 1.807) is 6.92 Å². The second-order valence-corrected chi connectivity index (χ2v) is 2.80. The first-order chi connectivity index (χ1) is 4.64. The van der Waals surface area contributed by atoms with Crippen LogP contribution in [-0.4, -0.2) is 46.3 Å². The zero-order valence-corrected chi connectivity index (χ0v) is 5.87. The van der Waals surface area contributed by atoms with Gasteiger partial charge in [0.25, 0.3) is 0 Å². The third-order valence-corrected chi connectivity index (χ3v) is 2.16. The molecule has 1 heterocycles. The van der Waals surface area contributed by atoms with Gasteiger partial charge in [0.15, 0.2) is 0 Å². The van der Waals surface area contributed by atoms with Gasteiger partial charge in [0.1, 0.15) is 11.2 Å². The lowest BCUT2D eigenvalue weighted by Gasteiger charge is -2.08. The lowest BCUT2D eigenvalue weighted by Crippen LogP contribution is -2.33. The van der Waals surface area contributed by atoms with E-state index in [0.717, 1.165) is 0 Å². The zero-order chi connectivity index (χ0) is 7.83. The summed E-state index contributed by atoms with van der Waals surface area (Å²) in [4.78, 5) is 0. The predicted octanol–water partition coefficient (Wildman–Crippen LogP) is -1.51. The van der Waals surface area contributed by atoms with Crippen molar-refractivity contribution in [3.63, 3.8) is 0 Å². The Labute approximate surface area is 59.1 Å². The normalized spacial score (nSPS) is 36.0. The fourth-order valence-corrected chi connectivity index (χ4v) is 1.03. The fraction of sp³-hybridized carbons (Fsp3) is 1.00. The van der Waals surface area contributed by atoms with E-state index in [0.29, 0.717) is 0 Å². The number of hydrogen-bond acceptors (Lipinski definition) is 4. The van der Waals surface area contributed by atoms with Crippen LogP contribution in [0.1, 0.15) is 6.92 Å². The van der Waals surface area contributed by atoms with Gasteiger partial charge >= 0.3 is 0 Å². The SMILES string of the molecule is CC1(CO)OC1(CO)CO. The fourth-order valence-electron chi connectivity index (χ4n) is 1.03. The van der Waals surface area contributed by atoms with Gasteiger partial charge in [0.2, 0.25) is 0 Å². The van der Waals surface area contributed by atoms with Crippen molar-refractivity contribution < 1.29 is 20.1 Å². The Balaban J connectivity index is 2.59. The van der Waals surface area contributed by atoms with E-state index in [9.17, 15) is 0 Å². The number of rotatable bonds is 3. The molecule has 0 aromatic carbocycles. The van der Waals surface area contributed by atoms with Crippen LogP contribution in [0.15, 0.2) is 0 Å². The summed E-state index contributed by atoms with van der Waals surface area (Å²) in [5.41, 5.74) is -1.64. The minimum Gasteiger partial charge on any atom is -0.393 e. The summed E-state index contributed by atoms with van der Waals surface area (Å²) in [6.45, 7) is 0.981. The van der Waals surface area contributed by atoms with Crippen molar-refractivity contribution >= 4 is 0 Å². The Hall–Kier alpha value is -0.160. The van der Waals surface area contributed by atoms with Crippen molar-refractivity contribution in [3.8, 4) is 0 Å². The first-order valence-corrected chi connectivity index (χ1v) is 3.17. The molecule has 4 nitrogen and oxygen atoms in total. The van der Waals surface area contributed by atoms with Gasteiger partial charge < -0.3 is 20.1 Å². The molecule has 60 valence electrons. The molecule has 1 rings (SSSR count). The van der Waals surface area contributed by atoms with Crippen molar-refractivity contribution in [3.05, 3.63) is 0 Å². The van der Waals surface area contributed by atoms with Crippen molar-refractivity contribution in [2.75, 3.05) is 19.8 Å². The third kappa shape index (κ3) is 0.769. The summed E-state index contributed by atoms with van der Waals surface area (Å²) in [6.07, 6.45) is 0. The third-order valence-electron chi connectivity index (χ3n) is 2.16. The monoisotopic (exact) mass is 148 g/mol. The smallest absolute Gasteiger partial charge is 0.146 e. The summed E-state index contributed by atoms with van der Waals surface area (Å²) in [5, 5.41) is 26.2. The van der Waals surface area contributed by atoms with Gasteiger partial charge in [0, 0.05) is 0 Å². The van der Waals surface area contributed by atoms with E-state index in [1.807, 2.05) is 0 Å². The largest absolute Gasteiger partial charge is 0.393 e. The summed E-state index contributed by atoms with van der Waals surface area (Å²) in [6, 6.07) is 0. The summed E-state index contributed by atoms with van der Waals surface area (Å²) < 4.78 is 4.99. The van der Waals surface area contributed by atoms with Crippen LogP contribution in [-0.2, 0) is 4.74 Å².